The largest absolute Gasteiger partial charge is 0.305 e. The van der Waals surface area contributed by atoms with Crippen molar-refractivity contribution < 1.29 is 4.79 Å². The van der Waals surface area contributed by atoms with Crippen LogP contribution in [0.25, 0.3) is 16.7 Å². The summed E-state index contributed by atoms with van der Waals surface area (Å²) in [4.78, 5) is 35.3. The predicted molar refractivity (Wildman–Crippen MR) is 131 cm³/mol. The van der Waals surface area contributed by atoms with Gasteiger partial charge in [-0.05, 0) is 48.0 Å². The van der Waals surface area contributed by atoms with Crippen molar-refractivity contribution >= 4 is 38.5 Å². The summed E-state index contributed by atoms with van der Waals surface area (Å²) in [5.74, 6) is -0.498. The van der Waals surface area contributed by atoms with Crippen LogP contribution < -0.4 is 11.0 Å². The van der Waals surface area contributed by atoms with E-state index in [0.717, 1.165) is 10.0 Å². The number of carbonyl (C=O) groups excluding carboxylic acids is 1. The van der Waals surface area contributed by atoms with E-state index in [2.05, 4.69) is 27.0 Å². The van der Waals surface area contributed by atoms with Gasteiger partial charge in [-0.2, -0.15) is 10.3 Å². The number of amides is 1. The minimum Gasteiger partial charge on any atom is -0.305 e. The molecule has 34 heavy (non-hydrogen) atoms. The maximum atomic E-state index is 13.2. The second kappa shape index (κ2) is 8.89. The topological polar surface area (TPSA) is 92.5 Å². The highest BCUT2D eigenvalue weighted by molar-refractivity contribution is 9.10. The molecule has 7 nitrogen and oxygen atoms in total. The highest BCUT2D eigenvalue weighted by atomic mass is 79.9. The van der Waals surface area contributed by atoms with E-state index in [4.69, 9.17) is 4.98 Å². The van der Waals surface area contributed by atoms with E-state index in [9.17, 15) is 14.9 Å². The van der Waals surface area contributed by atoms with Crippen LogP contribution in [0.2, 0.25) is 0 Å². The average Bonchev–Trinajstić information content (AvgIpc) is 2.86. The summed E-state index contributed by atoms with van der Waals surface area (Å²) in [6.07, 6.45) is 1.63. The fourth-order valence-electron chi connectivity index (χ4n) is 3.75. The molecule has 0 atom stereocenters. The van der Waals surface area contributed by atoms with E-state index in [0.29, 0.717) is 16.9 Å². The number of carbonyl (C=O) groups is 1. The van der Waals surface area contributed by atoms with Crippen LogP contribution in [0, 0.1) is 11.3 Å². The number of pyridine rings is 2. The Balaban J connectivity index is 1.86. The van der Waals surface area contributed by atoms with Crippen molar-refractivity contribution in [3.63, 3.8) is 0 Å². The zero-order valence-electron chi connectivity index (χ0n) is 17.7. The number of fused-ring (bicyclic) bond motifs is 2. The van der Waals surface area contributed by atoms with Crippen molar-refractivity contribution in [3.05, 3.63) is 122 Å². The lowest BCUT2D eigenvalue weighted by atomic mass is 10.2. The van der Waals surface area contributed by atoms with Crippen LogP contribution in [0.15, 0.2) is 99.3 Å². The molecule has 8 heteroatoms. The quantitative estimate of drug-likeness (QED) is 0.342. The van der Waals surface area contributed by atoms with E-state index < -0.39 is 5.91 Å². The minimum absolute atomic E-state index is 0.115. The lowest BCUT2D eigenvalue weighted by molar-refractivity contribution is 0.0997. The van der Waals surface area contributed by atoms with Crippen molar-refractivity contribution in [2.24, 2.45) is 4.99 Å². The van der Waals surface area contributed by atoms with Gasteiger partial charge in [-0.15, -0.1) is 0 Å². The molecule has 0 N–H and O–H groups in total. The lowest BCUT2D eigenvalue weighted by Gasteiger charge is -2.13. The van der Waals surface area contributed by atoms with Crippen LogP contribution in [-0.4, -0.2) is 19.9 Å². The summed E-state index contributed by atoms with van der Waals surface area (Å²) in [6.45, 7) is 0.273. The Morgan fingerprint density at radius 1 is 1.03 bits per heavy atom. The van der Waals surface area contributed by atoms with Gasteiger partial charge in [-0.1, -0.05) is 52.3 Å². The van der Waals surface area contributed by atoms with Gasteiger partial charge in [0, 0.05) is 16.2 Å². The van der Waals surface area contributed by atoms with Crippen molar-refractivity contribution in [1.29, 1.82) is 5.26 Å². The van der Waals surface area contributed by atoms with Crippen LogP contribution in [0.4, 0.5) is 0 Å². The SMILES string of the molecule is N#Cc1cc2c(=O)n3ccccc3nc2n(Cc2ccccc2)c1=NC(=O)c1ccc(Br)cc1. The highest BCUT2D eigenvalue weighted by Crippen LogP contribution is 2.14. The third kappa shape index (κ3) is 3.93. The Morgan fingerprint density at radius 3 is 2.50 bits per heavy atom. The zero-order chi connectivity index (χ0) is 23.7. The summed E-state index contributed by atoms with van der Waals surface area (Å²) < 4.78 is 3.93. The third-order valence-electron chi connectivity index (χ3n) is 5.39. The molecule has 0 saturated heterocycles. The third-order valence-corrected chi connectivity index (χ3v) is 5.92. The number of aromatic nitrogens is 3. The van der Waals surface area contributed by atoms with E-state index in [1.165, 1.54) is 10.5 Å². The van der Waals surface area contributed by atoms with Gasteiger partial charge in [0.1, 0.15) is 17.4 Å². The number of nitrogens with zero attached hydrogens (tertiary/aromatic N) is 5. The highest BCUT2D eigenvalue weighted by Gasteiger charge is 2.16. The van der Waals surface area contributed by atoms with Crippen molar-refractivity contribution in [2.45, 2.75) is 6.54 Å². The van der Waals surface area contributed by atoms with E-state index in [1.54, 1.807) is 53.2 Å². The smallest absolute Gasteiger partial charge is 0.278 e. The molecule has 164 valence electrons. The first-order chi connectivity index (χ1) is 16.5. The Kier molecular flexibility index (Phi) is 5.62. The molecule has 1 amide bonds. The first-order valence-electron chi connectivity index (χ1n) is 10.4. The van der Waals surface area contributed by atoms with E-state index in [-0.39, 0.29) is 28.5 Å². The molecule has 3 heterocycles. The molecular formula is C26H16BrN5O2. The van der Waals surface area contributed by atoms with Gasteiger partial charge in [0.25, 0.3) is 11.5 Å². The van der Waals surface area contributed by atoms with Gasteiger partial charge >= 0.3 is 0 Å². The molecule has 0 radical (unpaired) electrons. The molecule has 0 unspecified atom stereocenters. The standard InChI is InChI=1S/C26H16BrN5O2/c27-20-11-9-18(10-12-20)25(33)30-23-19(15-28)14-21-24(32(23)16-17-6-2-1-3-7-17)29-22-8-4-5-13-31(22)26(21)34/h1-14H,16H2. The summed E-state index contributed by atoms with van der Waals surface area (Å²) in [5, 5.41) is 10.2. The van der Waals surface area contributed by atoms with Crippen LogP contribution in [0.1, 0.15) is 21.5 Å². The summed E-state index contributed by atoms with van der Waals surface area (Å²) in [5.41, 5.74) is 2.06. The predicted octanol–water partition coefficient (Wildman–Crippen LogP) is 4.07. The average molecular weight is 510 g/mol. The number of halogens is 1. The maximum Gasteiger partial charge on any atom is 0.278 e. The van der Waals surface area contributed by atoms with Gasteiger partial charge in [0.15, 0.2) is 5.49 Å². The van der Waals surface area contributed by atoms with Crippen LogP contribution in [0.3, 0.4) is 0 Å². The molecule has 0 saturated carbocycles. The maximum absolute atomic E-state index is 13.2. The van der Waals surface area contributed by atoms with Crippen LogP contribution >= 0.6 is 15.9 Å². The molecule has 0 bridgehead atoms. The molecule has 0 fully saturated rings. The fourth-order valence-corrected chi connectivity index (χ4v) is 4.01. The van der Waals surface area contributed by atoms with Gasteiger partial charge in [-0.25, -0.2) is 4.98 Å². The number of rotatable bonds is 3. The minimum atomic E-state index is -0.498. The fraction of sp³-hybridized carbons (Fsp3) is 0.0385. The number of benzene rings is 2. The lowest BCUT2D eigenvalue weighted by Crippen LogP contribution is -2.30. The van der Waals surface area contributed by atoms with Gasteiger partial charge in [0.2, 0.25) is 0 Å². The molecule has 0 aliphatic carbocycles. The normalized spacial score (nSPS) is 11.6. The molecule has 2 aromatic carbocycles. The van der Waals surface area contributed by atoms with Crippen molar-refractivity contribution in [3.8, 4) is 6.07 Å². The molecule has 0 aliphatic heterocycles. The molecule has 5 rings (SSSR count). The molecular weight excluding hydrogens is 494 g/mol. The number of hydrogen-bond acceptors (Lipinski definition) is 4. The Labute approximate surface area is 202 Å². The van der Waals surface area contributed by atoms with Crippen LogP contribution in [-0.2, 0) is 6.54 Å². The second-order valence-electron chi connectivity index (χ2n) is 7.57. The monoisotopic (exact) mass is 509 g/mol. The summed E-state index contributed by atoms with van der Waals surface area (Å²) in [6, 6.07) is 25.2. The Bertz CT molecular complexity index is 1730. The van der Waals surface area contributed by atoms with Gasteiger partial charge in [-0.3, -0.25) is 14.0 Å². The van der Waals surface area contributed by atoms with E-state index >= 15 is 0 Å². The molecule has 3 aromatic heterocycles. The summed E-state index contributed by atoms with van der Waals surface area (Å²) >= 11 is 3.36. The van der Waals surface area contributed by atoms with Gasteiger partial charge < -0.3 is 4.57 Å². The summed E-state index contributed by atoms with van der Waals surface area (Å²) in [7, 11) is 0. The van der Waals surface area contributed by atoms with E-state index in [1.807, 2.05) is 30.3 Å². The zero-order valence-corrected chi connectivity index (χ0v) is 19.3. The van der Waals surface area contributed by atoms with Crippen LogP contribution in [0.5, 0.6) is 0 Å². The van der Waals surface area contributed by atoms with Crippen molar-refractivity contribution in [1.82, 2.24) is 14.0 Å². The molecule has 0 aliphatic rings. The first-order valence-corrected chi connectivity index (χ1v) is 11.2. The van der Waals surface area contributed by atoms with Gasteiger partial charge in [0.05, 0.1) is 17.5 Å². The Hall–Kier alpha value is -4.35. The second-order valence-corrected chi connectivity index (χ2v) is 8.49. The Morgan fingerprint density at radius 2 is 1.76 bits per heavy atom. The van der Waals surface area contributed by atoms with Crippen molar-refractivity contribution in [2.75, 3.05) is 0 Å². The number of nitriles is 1. The first kappa shape index (κ1) is 21.5. The number of hydrogen-bond donors (Lipinski definition) is 0. The molecule has 0 spiro atoms. The molecule has 5 aromatic rings.